The maximum atomic E-state index is 6.04. The molecule has 140 valence electrons. The topological polar surface area (TPSA) is 59.8 Å². The van der Waals surface area contributed by atoms with Crippen LogP contribution in [0.15, 0.2) is 42.5 Å². The van der Waals surface area contributed by atoms with Crippen LogP contribution in [0.25, 0.3) is 0 Å². The molecule has 0 atom stereocenters. The number of nitrogens with two attached hydrogens (primary N) is 1. The Bertz CT molecular complexity index is 725. The Kier molecular flexibility index (Phi) is 7.97. The first-order valence-corrected chi connectivity index (χ1v) is 9.07. The monoisotopic (exact) mass is 393 g/mol. The molecule has 2 aromatic carbocycles. The van der Waals surface area contributed by atoms with Gasteiger partial charge in [-0.15, -0.1) is 0 Å². The van der Waals surface area contributed by atoms with E-state index in [2.05, 4.69) is 5.32 Å². The van der Waals surface area contributed by atoms with Crippen molar-refractivity contribution in [2.24, 2.45) is 5.84 Å². The summed E-state index contributed by atoms with van der Waals surface area (Å²) in [6.07, 6.45) is 1.53. The van der Waals surface area contributed by atoms with Gasteiger partial charge in [0.05, 0.1) is 14.2 Å². The molecule has 3 N–H and O–H groups in total. The van der Waals surface area contributed by atoms with Gasteiger partial charge in [0.1, 0.15) is 11.5 Å². The predicted octanol–water partition coefficient (Wildman–Crippen LogP) is 3.19. The second-order valence-electron chi connectivity index (χ2n) is 5.73. The minimum absolute atomic E-state index is 0.515. The quantitative estimate of drug-likeness (QED) is 0.408. The fraction of sp³-hybridized carbons (Fsp3) is 0.316. The number of rotatable bonds is 8. The molecule has 26 heavy (non-hydrogen) atoms. The molecule has 0 spiro atoms. The SMILES string of the molecule is COc1ccc(OC)c(CCNC(=S)N(N)CCc2ccc(Cl)cc2)c1. The van der Waals surface area contributed by atoms with Crippen molar-refractivity contribution in [2.45, 2.75) is 12.8 Å². The maximum Gasteiger partial charge on any atom is 0.183 e. The third kappa shape index (κ3) is 6.05. The van der Waals surface area contributed by atoms with E-state index in [-0.39, 0.29) is 0 Å². The predicted molar refractivity (Wildman–Crippen MR) is 110 cm³/mol. The van der Waals surface area contributed by atoms with Crippen molar-refractivity contribution in [2.75, 3.05) is 27.3 Å². The summed E-state index contributed by atoms with van der Waals surface area (Å²) < 4.78 is 10.6. The minimum Gasteiger partial charge on any atom is -0.497 e. The lowest BCUT2D eigenvalue weighted by Crippen LogP contribution is -2.45. The molecule has 0 fully saturated rings. The van der Waals surface area contributed by atoms with Crippen molar-refractivity contribution in [3.8, 4) is 11.5 Å². The van der Waals surface area contributed by atoms with Crippen molar-refractivity contribution in [1.82, 2.24) is 10.3 Å². The number of benzene rings is 2. The smallest absolute Gasteiger partial charge is 0.183 e. The van der Waals surface area contributed by atoms with Gasteiger partial charge >= 0.3 is 0 Å². The van der Waals surface area contributed by atoms with Crippen molar-refractivity contribution in [3.63, 3.8) is 0 Å². The fourth-order valence-electron chi connectivity index (χ4n) is 2.49. The standard InChI is InChI=1S/C19H24ClN3O2S/c1-24-17-7-8-18(25-2)15(13-17)9-11-22-19(26)23(21)12-10-14-3-5-16(20)6-4-14/h3-8,13H,9-12,21H2,1-2H3,(H,22,26). The van der Waals surface area contributed by atoms with Crippen LogP contribution in [-0.4, -0.2) is 37.4 Å². The van der Waals surface area contributed by atoms with Gasteiger partial charge < -0.3 is 14.8 Å². The van der Waals surface area contributed by atoms with Gasteiger partial charge in [-0.1, -0.05) is 23.7 Å². The van der Waals surface area contributed by atoms with Crippen LogP contribution >= 0.6 is 23.8 Å². The van der Waals surface area contributed by atoms with Gasteiger partial charge in [-0.2, -0.15) is 0 Å². The molecular weight excluding hydrogens is 370 g/mol. The number of nitrogens with one attached hydrogen (secondary N) is 1. The van der Waals surface area contributed by atoms with Crippen LogP contribution in [0.5, 0.6) is 11.5 Å². The number of nitrogens with zero attached hydrogens (tertiary/aromatic N) is 1. The molecule has 0 saturated heterocycles. The van der Waals surface area contributed by atoms with E-state index in [1.807, 2.05) is 42.5 Å². The average molecular weight is 394 g/mol. The van der Waals surface area contributed by atoms with E-state index in [1.54, 1.807) is 19.2 Å². The molecule has 0 heterocycles. The summed E-state index contributed by atoms with van der Waals surface area (Å²) >= 11 is 11.2. The molecule has 0 aliphatic rings. The van der Waals surface area contributed by atoms with Crippen molar-refractivity contribution in [3.05, 3.63) is 58.6 Å². The normalized spacial score (nSPS) is 10.3. The van der Waals surface area contributed by atoms with Crippen LogP contribution in [0, 0.1) is 0 Å². The Morgan fingerprint density at radius 2 is 1.85 bits per heavy atom. The Morgan fingerprint density at radius 1 is 1.12 bits per heavy atom. The first-order chi connectivity index (χ1) is 12.5. The lowest BCUT2D eigenvalue weighted by Gasteiger charge is -2.20. The number of thiocarbonyl (C=S) groups is 1. The first kappa shape index (κ1) is 20.3. The maximum absolute atomic E-state index is 6.04. The molecule has 0 saturated carbocycles. The van der Waals surface area contributed by atoms with E-state index in [0.29, 0.717) is 18.2 Å². The molecule has 7 heteroatoms. The zero-order valence-electron chi connectivity index (χ0n) is 15.0. The summed E-state index contributed by atoms with van der Waals surface area (Å²) in [6.45, 7) is 1.27. The second-order valence-corrected chi connectivity index (χ2v) is 6.55. The highest BCUT2D eigenvalue weighted by Gasteiger charge is 2.08. The number of hydrazine groups is 1. The van der Waals surface area contributed by atoms with Crippen LogP contribution < -0.4 is 20.6 Å². The minimum atomic E-state index is 0.515. The van der Waals surface area contributed by atoms with Gasteiger partial charge in [0.15, 0.2) is 5.11 Å². The summed E-state index contributed by atoms with van der Waals surface area (Å²) in [7, 11) is 3.30. The number of methoxy groups -OCH3 is 2. The molecule has 0 aromatic heterocycles. The van der Waals surface area contributed by atoms with Crippen LogP contribution in [0.2, 0.25) is 5.02 Å². The number of ether oxygens (including phenoxy) is 2. The summed E-state index contributed by atoms with van der Waals surface area (Å²) in [6, 6.07) is 13.5. The van der Waals surface area contributed by atoms with E-state index in [0.717, 1.165) is 40.5 Å². The van der Waals surface area contributed by atoms with E-state index in [9.17, 15) is 0 Å². The number of hydrogen-bond donors (Lipinski definition) is 2. The van der Waals surface area contributed by atoms with Gasteiger partial charge in [0.2, 0.25) is 0 Å². The third-order valence-corrected chi connectivity index (χ3v) is 4.60. The Balaban J connectivity index is 1.79. The van der Waals surface area contributed by atoms with Gasteiger partial charge in [-0.05, 0) is 66.5 Å². The highest BCUT2D eigenvalue weighted by molar-refractivity contribution is 7.80. The Hall–Kier alpha value is -2.02. The van der Waals surface area contributed by atoms with E-state index in [4.69, 9.17) is 39.1 Å². The zero-order chi connectivity index (χ0) is 18.9. The molecule has 0 aliphatic carbocycles. The van der Waals surface area contributed by atoms with Gasteiger partial charge in [-0.3, -0.25) is 5.01 Å². The summed E-state index contributed by atoms with van der Waals surface area (Å²) in [5, 5.41) is 5.97. The highest BCUT2D eigenvalue weighted by Crippen LogP contribution is 2.24. The number of halogens is 1. The van der Waals surface area contributed by atoms with Crippen LogP contribution in [0.4, 0.5) is 0 Å². The van der Waals surface area contributed by atoms with Gasteiger partial charge in [0, 0.05) is 18.1 Å². The lowest BCUT2D eigenvalue weighted by atomic mass is 10.1. The molecule has 0 bridgehead atoms. The average Bonchev–Trinajstić information content (AvgIpc) is 2.67. The van der Waals surface area contributed by atoms with Crippen LogP contribution in [-0.2, 0) is 12.8 Å². The molecule has 2 rings (SSSR count). The molecular formula is C19H24ClN3O2S. The summed E-state index contributed by atoms with van der Waals surface area (Å²) in [5.41, 5.74) is 2.21. The Labute approximate surface area is 165 Å². The molecule has 0 amide bonds. The largest absolute Gasteiger partial charge is 0.497 e. The van der Waals surface area contributed by atoms with E-state index >= 15 is 0 Å². The zero-order valence-corrected chi connectivity index (χ0v) is 16.6. The second kappa shape index (κ2) is 10.2. The summed E-state index contributed by atoms with van der Waals surface area (Å²) in [5.74, 6) is 7.66. The molecule has 0 radical (unpaired) electrons. The highest BCUT2D eigenvalue weighted by atomic mass is 35.5. The van der Waals surface area contributed by atoms with Crippen molar-refractivity contribution in [1.29, 1.82) is 0 Å². The summed E-state index contributed by atoms with van der Waals surface area (Å²) in [4.78, 5) is 0. The van der Waals surface area contributed by atoms with Gasteiger partial charge in [0.25, 0.3) is 0 Å². The van der Waals surface area contributed by atoms with Crippen molar-refractivity contribution >= 4 is 28.9 Å². The first-order valence-electron chi connectivity index (χ1n) is 8.29. The number of hydrogen-bond acceptors (Lipinski definition) is 4. The Morgan fingerprint density at radius 3 is 2.50 bits per heavy atom. The molecule has 0 aliphatic heterocycles. The van der Waals surface area contributed by atoms with Crippen molar-refractivity contribution < 1.29 is 9.47 Å². The van der Waals surface area contributed by atoms with Gasteiger partial charge in [-0.25, -0.2) is 5.84 Å². The van der Waals surface area contributed by atoms with E-state index in [1.165, 1.54) is 0 Å². The molecule has 0 unspecified atom stereocenters. The third-order valence-electron chi connectivity index (χ3n) is 3.97. The molecule has 5 nitrogen and oxygen atoms in total. The van der Waals surface area contributed by atoms with Crippen LogP contribution in [0.1, 0.15) is 11.1 Å². The van der Waals surface area contributed by atoms with E-state index < -0.39 is 0 Å². The lowest BCUT2D eigenvalue weighted by molar-refractivity contribution is 0.398. The fourth-order valence-corrected chi connectivity index (χ4v) is 2.80. The molecule has 2 aromatic rings. The van der Waals surface area contributed by atoms with Crippen LogP contribution in [0.3, 0.4) is 0 Å².